The van der Waals surface area contributed by atoms with Crippen LogP contribution in [0, 0.1) is 12.8 Å². The van der Waals surface area contributed by atoms with E-state index in [4.69, 9.17) is 17.3 Å². The molecule has 2 aromatic rings. The van der Waals surface area contributed by atoms with Gasteiger partial charge < -0.3 is 5.73 Å². The van der Waals surface area contributed by atoms with E-state index >= 15 is 0 Å². The van der Waals surface area contributed by atoms with E-state index in [0.29, 0.717) is 16.8 Å². The smallest absolute Gasteiger partial charge is 0.231 e. The van der Waals surface area contributed by atoms with Crippen LogP contribution in [0.15, 0.2) is 18.2 Å². The number of hydrogen-bond acceptors (Lipinski definition) is 3. The number of nitrogens with zero attached hydrogens (tertiary/aromatic N) is 3. The summed E-state index contributed by atoms with van der Waals surface area (Å²) in [6.07, 6.45) is 2.23. The van der Waals surface area contributed by atoms with Crippen molar-refractivity contribution in [1.29, 1.82) is 0 Å². The zero-order valence-electron chi connectivity index (χ0n) is 13.6. The topological polar surface area (TPSA) is 73.8 Å². The van der Waals surface area contributed by atoms with Crippen molar-refractivity contribution in [2.24, 2.45) is 11.7 Å². The van der Waals surface area contributed by atoms with E-state index < -0.39 is 5.41 Å². The molecule has 0 aliphatic heterocycles. The Morgan fingerprint density at radius 1 is 1.43 bits per heavy atom. The average Bonchev–Trinajstić information content (AvgIpc) is 3.16. The first-order valence-electron chi connectivity index (χ1n) is 7.86. The maximum absolute atomic E-state index is 12.0. The van der Waals surface area contributed by atoms with Crippen molar-refractivity contribution in [3.8, 4) is 5.69 Å². The molecule has 0 unspecified atom stereocenters. The number of rotatable bonds is 5. The zero-order valence-corrected chi connectivity index (χ0v) is 14.4. The maximum Gasteiger partial charge on any atom is 0.231 e. The summed E-state index contributed by atoms with van der Waals surface area (Å²) < 4.78 is 1.78. The lowest BCUT2D eigenvalue weighted by Crippen LogP contribution is -2.31. The molecule has 0 saturated heterocycles. The molecule has 0 radical (unpaired) electrons. The van der Waals surface area contributed by atoms with Gasteiger partial charge in [0.1, 0.15) is 11.2 Å². The SMILES string of the molecule is Cc1cc(Cl)ccc1-n1nc(CC(C)C)nc1C1(C(N)=O)CC1. The van der Waals surface area contributed by atoms with Crippen molar-refractivity contribution in [2.75, 3.05) is 0 Å². The Labute approximate surface area is 140 Å². The van der Waals surface area contributed by atoms with Gasteiger partial charge in [0, 0.05) is 11.4 Å². The molecule has 1 saturated carbocycles. The minimum absolute atomic E-state index is 0.325. The number of aromatic nitrogens is 3. The van der Waals surface area contributed by atoms with Gasteiger partial charge in [-0.15, -0.1) is 0 Å². The summed E-state index contributed by atoms with van der Waals surface area (Å²) in [5.74, 6) is 1.52. The third-order valence-corrected chi connectivity index (χ3v) is 4.51. The first-order chi connectivity index (χ1) is 10.8. The summed E-state index contributed by atoms with van der Waals surface area (Å²) in [4.78, 5) is 16.6. The number of hydrogen-bond donors (Lipinski definition) is 1. The van der Waals surface area contributed by atoms with E-state index in [1.165, 1.54) is 0 Å². The lowest BCUT2D eigenvalue weighted by Gasteiger charge is -2.14. The number of aryl methyl sites for hydroxylation is 1. The van der Waals surface area contributed by atoms with Crippen molar-refractivity contribution in [2.45, 2.75) is 45.4 Å². The maximum atomic E-state index is 12.0. The number of nitrogens with two attached hydrogens (primary N) is 1. The summed E-state index contributed by atoms with van der Waals surface area (Å²) in [6, 6.07) is 5.61. The Kier molecular flexibility index (Phi) is 3.92. The Bertz CT molecular complexity index is 762. The van der Waals surface area contributed by atoms with Gasteiger partial charge in [0.2, 0.25) is 5.91 Å². The Morgan fingerprint density at radius 3 is 2.65 bits per heavy atom. The summed E-state index contributed by atoms with van der Waals surface area (Å²) in [6.45, 7) is 6.21. The number of amides is 1. The van der Waals surface area contributed by atoms with Crippen LogP contribution in [0.25, 0.3) is 5.69 Å². The van der Waals surface area contributed by atoms with Gasteiger partial charge in [-0.1, -0.05) is 25.4 Å². The number of primary amides is 1. The molecular weight excluding hydrogens is 312 g/mol. The molecule has 6 heteroatoms. The highest BCUT2D eigenvalue weighted by molar-refractivity contribution is 6.30. The number of halogens is 1. The molecule has 1 aliphatic carbocycles. The van der Waals surface area contributed by atoms with Crippen LogP contribution >= 0.6 is 11.6 Å². The standard InChI is InChI=1S/C17H21ClN4O/c1-10(2)8-14-20-16(17(6-7-17)15(19)23)22(21-14)13-5-4-12(18)9-11(13)3/h4-5,9-10H,6-8H2,1-3H3,(H2,19,23). The van der Waals surface area contributed by atoms with Crippen LogP contribution in [0.2, 0.25) is 5.02 Å². The van der Waals surface area contributed by atoms with Crippen LogP contribution in [0.4, 0.5) is 0 Å². The van der Waals surface area contributed by atoms with E-state index in [9.17, 15) is 4.79 Å². The third kappa shape index (κ3) is 2.85. The highest BCUT2D eigenvalue weighted by atomic mass is 35.5. The molecule has 1 aromatic heterocycles. The van der Waals surface area contributed by atoms with Crippen molar-refractivity contribution in [3.05, 3.63) is 40.4 Å². The van der Waals surface area contributed by atoms with Crippen molar-refractivity contribution in [3.63, 3.8) is 0 Å². The fraction of sp³-hybridized carbons (Fsp3) is 0.471. The van der Waals surface area contributed by atoms with Crippen LogP contribution in [0.1, 0.15) is 43.9 Å². The van der Waals surface area contributed by atoms with E-state index in [0.717, 1.165) is 36.3 Å². The van der Waals surface area contributed by atoms with Crippen molar-refractivity contribution >= 4 is 17.5 Å². The monoisotopic (exact) mass is 332 g/mol. The Morgan fingerprint density at radius 2 is 2.13 bits per heavy atom. The summed E-state index contributed by atoms with van der Waals surface area (Å²) in [5.41, 5.74) is 6.85. The molecule has 1 amide bonds. The molecule has 1 aliphatic rings. The lowest BCUT2D eigenvalue weighted by atomic mass is 10.1. The second-order valence-electron chi connectivity index (χ2n) is 6.74. The van der Waals surface area contributed by atoms with Gasteiger partial charge in [0.15, 0.2) is 5.82 Å². The average molecular weight is 333 g/mol. The number of benzene rings is 1. The van der Waals surface area contributed by atoms with Gasteiger partial charge in [-0.3, -0.25) is 4.79 Å². The molecule has 0 spiro atoms. The highest BCUT2D eigenvalue weighted by Crippen LogP contribution is 2.47. The zero-order chi connectivity index (χ0) is 16.8. The number of carbonyl (C=O) groups excluding carboxylic acids is 1. The van der Waals surface area contributed by atoms with Crippen LogP contribution in [0.3, 0.4) is 0 Å². The van der Waals surface area contributed by atoms with Gasteiger partial charge in [-0.2, -0.15) is 5.10 Å². The van der Waals surface area contributed by atoms with Gasteiger partial charge in [0.05, 0.1) is 5.69 Å². The molecule has 5 nitrogen and oxygen atoms in total. The molecule has 1 heterocycles. The van der Waals surface area contributed by atoms with Crippen LogP contribution < -0.4 is 5.73 Å². The summed E-state index contributed by atoms with van der Waals surface area (Å²) in [7, 11) is 0. The van der Waals surface area contributed by atoms with Crippen LogP contribution in [-0.4, -0.2) is 20.7 Å². The van der Waals surface area contributed by atoms with E-state index in [1.54, 1.807) is 4.68 Å². The van der Waals surface area contributed by atoms with Gasteiger partial charge in [-0.05, 0) is 49.4 Å². The van der Waals surface area contributed by atoms with Gasteiger partial charge >= 0.3 is 0 Å². The molecule has 0 bridgehead atoms. The highest BCUT2D eigenvalue weighted by Gasteiger charge is 2.54. The van der Waals surface area contributed by atoms with Gasteiger partial charge in [0.25, 0.3) is 0 Å². The predicted octanol–water partition coefficient (Wildman–Crippen LogP) is 2.94. The number of carbonyl (C=O) groups is 1. The molecule has 23 heavy (non-hydrogen) atoms. The fourth-order valence-corrected chi connectivity index (χ4v) is 3.07. The molecule has 1 aromatic carbocycles. The molecule has 122 valence electrons. The van der Waals surface area contributed by atoms with Crippen molar-refractivity contribution in [1.82, 2.24) is 14.8 Å². The Balaban J connectivity index is 2.14. The fourth-order valence-electron chi connectivity index (χ4n) is 2.85. The molecular formula is C17H21ClN4O. The van der Waals surface area contributed by atoms with Gasteiger partial charge in [-0.25, -0.2) is 9.67 Å². The van der Waals surface area contributed by atoms with E-state index in [1.807, 2.05) is 25.1 Å². The van der Waals surface area contributed by atoms with Crippen molar-refractivity contribution < 1.29 is 4.79 Å². The predicted molar refractivity (Wildman–Crippen MR) is 89.8 cm³/mol. The van der Waals surface area contributed by atoms with Crippen LogP contribution in [-0.2, 0) is 16.6 Å². The minimum Gasteiger partial charge on any atom is -0.369 e. The summed E-state index contributed by atoms with van der Waals surface area (Å²) in [5, 5.41) is 5.33. The second-order valence-corrected chi connectivity index (χ2v) is 7.18. The molecule has 2 N–H and O–H groups in total. The van der Waals surface area contributed by atoms with E-state index in [-0.39, 0.29) is 5.91 Å². The first-order valence-corrected chi connectivity index (χ1v) is 8.24. The lowest BCUT2D eigenvalue weighted by molar-refractivity contribution is -0.120. The quantitative estimate of drug-likeness (QED) is 0.914. The largest absolute Gasteiger partial charge is 0.369 e. The van der Waals surface area contributed by atoms with Crippen LogP contribution in [0.5, 0.6) is 0 Å². The Hall–Kier alpha value is -1.88. The molecule has 1 fully saturated rings. The summed E-state index contributed by atoms with van der Waals surface area (Å²) >= 11 is 6.05. The first kappa shape index (κ1) is 16.0. The third-order valence-electron chi connectivity index (χ3n) is 4.28. The molecule has 3 rings (SSSR count). The second kappa shape index (κ2) is 5.64. The minimum atomic E-state index is -0.672. The normalized spacial score (nSPS) is 15.9. The molecule has 0 atom stereocenters. The van der Waals surface area contributed by atoms with E-state index in [2.05, 4.69) is 23.9 Å².